The molecule has 0 aliphatic heterocycles. The second-order valence-electron chi connectivity index (χ2n) is 5.27. The van der Waals surface area contributed by atoms with E-state index < -0.39 is 12.0 Å². The van der Waals surface area contributed by atoms with Gasteiger partial charge >= 0.3 is 0 Å². The molecule has 0 amide bonds. The van der Waals surface area contributed by atoms with Gasteiger partial charge in [0, 0.05) is 23.3 Å². The van der Waals surface area contributed by atoms with Gasteiger partial charge in [0.2, 0.25) is 6.04 Å². The fraction of sp³-hybridized carbons (Fsp3) is 0.278. The molecule has 0 aliphatic rings. The molecule has 0 unspecified atom stereocenters. The van der Waals surface area contributed by atoms with Gasteiger partial charge in [-0.1, -0.05) is 67.6 Å². The highest BCUT2D eigenvalue weighted by Gasteiger charge is 2.32. The molecule has 0 radical (unpaired) electrons. The van der Waals surface area contributed by atoms with Gasteiger partial charge in [-0.3, -0.25) is 14.9 Å². The molecule has 0 fully saturated rings. The first kappa shape index (κ1) is 15.9. The lowest BCUT2D eigenvalue weighted by Gasteiger charge is -2.20. The van der Waals surface area contributed by atoms with Crippen molar-refractivity contribution in [2.24, 2.45) is 0 Å². The molecular weight excluding hydrogens is 278 g/mol. The molecule has 0 N–H and O–H groups in total. The van der Waals surface area contributed by atoms with E-state index >= 15 is 0 Å². The quantitative estimate of drug-likeness (QED) is 0.439. The van der Waals surface area contributed by atoms with E-state index in [4.69, 9.17) is 0 Å². The van der Waals surface area contributed by atoms with E-state index in [2.05, 4.69) is 0 Å². The summed E-state index contributed by atoms with van der Waals surface area (Å²) >= 11 is 0. The summed E-state index contributed by atoms with van der Waals surface area (Å²) in [6.45, 7) is 1.79. The van der Waals surface area contributed by atoms with Crippen LogP contribution < -0.4 is 0 Å². The van der Waals surface area contributed by atoms with Crippen molar-refractivity contribution >= 4 is 5.78 Å². The SMILES string of the molecule is CC[C@@H]([C@@H](CC(=O)c1ccccc1)c1ccccc1)[N+](=O)[O-]. The van der Waals surface area contributed by atoms with Gasteiger partial charge in [0.05, 0.1) is 5.92 Å². The Labute approximate surface area is 129 Å². The third kappa shape index (κ3) is 3.79. The van der Waals surface area contributed by atoms with Crippen LogP contribution in [-0.4, -0.2) is 16.7 Å². The number of nitrogens with zero attached hydrogens (tertiary/aromatic N) is 1. The lowest BCUT2D eigenvalue weighted by molar-refractivity contribution is -0.527. The third-order valence-electron chi connectivity index (χ3n) is 3.88. The summed E-state index contributed by atoms with van der Waals surface area (Å²) in [7, 11) is 0. The third-order valence-corrected chi connectivity index (χ3v) is 3.88. The van der Waals surface area contributed by atoms with Gasteiger partial charge in [0.15, 0.2) is 5.78 Å². The standard InChI is InChI=1S/C18H19NO3/c1-2-17(19(21)22)16(14-9-5-3-6-10-14)13-18(20)15-11-7-4-8-12-15/h3-12,16-17H,2,13H2,1H3/t16-,17-/m0/s1. The monoisotopic (exact) mass is 297 g/mol. The van der Waals surface area contributed by atoms with Crippen LogP contribution in [-0.2, 0) is 0 Å². The Kier molecular flexibility index (Phi) is 5.42. The lowest BCUT2D eigenvalue weighted by Crippen LogP contribution is -2.28. The topological polar surface area (TPSA) is 60.2 Å². The molecule has 4 heteroatoms. The van der Waals surface area contributed by atoms with Gasteiger partial charge in [-0.05, 0) is 5.56 Å². The van der Waals surface area contributed by atoms with Gasteiger partial charge in [0.1, 0.15) is 0 Å². The summed E-state index contributed by atoms with van der Waals surface area (Å²) in [5.74, 6) is -0.469. The van der Waals surface area contributed by atoms with E-state index in [-0.39, 0.29) is 17.1 Å². The second kappa shape index (κ2) is 7.50. The Balaban J connectivity index is 2.29. The molecule has 4 nitrogen and oxygen atoms in total. The Morgan fingerprint density at radius 2 is 1.59 bits per heavy atom. The van der Waals surface area contributed by atoms with Crippen LogP contribution in [0.3, 0.4) is 0 Å². The average Bonchev–Trinajstić information content (AvgIpc) is 2.55. The number of rotatable bonds is 7. The van der Waals surface area contributed by atoms with E-state index in [1.165, 1.54) is 0 Å². The Morgan fingerprint density at radius 3 is 2.09 bits per heavy atom. The molecule has 114 valence electrons. The number of Topliss-reactive ketones (excluding diaryl/α,β-unsaturated/α-hetero) is 1. The molecule has 0 aliphatic carbocycles. The molecule has 0 aromatic heterocycles. The summed E-state index contributed by atoms with van der Waals surface area (Å²) in [6, 6.07) is 17.5. The van der Waals surface area contributed by atoms with Crippen LogP contribution in [0.5, 0.6) is 0 Å². The fourth-order valence-electron chi connectivity index (χ4n) is 2.70. The maximum absolute atomic E-state index is 12.4. The van der Waals surface area contributed by atoms with Crippen molar-refractivity contribution in [2.45, 2.75) is 31.7 Å². The molecule has 22 heavy (non-hydrogen) atoms. The van der Waals surface area contributed by atoms with E-state index in [1.807, 2.05) is 36.4 Å². The number of hydrogen-bond acceptors (Lipinski definition) is 3. The number of carbonyl (C=O) groups excluding carboxylic acids is 1. The van der Waals surface area contributed by atoms with Crippen LogP contribution in [0.4, 0.5) is 0 Å². The maximum Gasteiger partial charge on any atom is 0.220 e. The minimum absolute atomic E-state index is 0.0604. The van der Waals surface area contributed by atoms with Crippen LogP contribution in [0.1, 0.15) is 41.6 Å². The molecule has 2 rings (SSSR count). The summed E-state index contributed by atoms with van der Waals surface area (Å²) in [6.07, 6.45) is 0.544. The zero-order chi connectivity index (χ0) is 15.9. The van der Waals surface area contributed by atoms with E-state index in [1.54, 1.807) is 31.2 Å². The maximum atomic E-state index is 12.4. The molecule has 0 spiro atoms. The van der Waals surface area contributed by atoms with E-state index in [9.17, 15) is 14.9 Å². The Bertz CT molecular complexity index is 625. The highest BCUT2D eigenvalue weighted by Crippen LogP contribution is 2.28. The fourth-order valence-corrected chi connectivity index (χ4v) is 2.70. The van der Waals surface area contributed by atoms with Crippen molar-refractivity contribution in [3.05, 3.63) is 81.9 Å². The molecule has 2 atom stereocenters. The van der Waals surface area contributed by atoms with Crippen molar-refractivity contribution < 1.29 is 9.72 Å². The smallest absolute Gasteiger partial charge is 0.220 e. The summed E-state index contributed by atoms with van der Waals surface area (Å²) in [4.78, 5) is 23.5. The summed E-state index contributed by atoms with van der Waals surface area (Å²) < 4.78 is 0. The van der Waals surface area contributed by atoms with Crippen molar-refractivity contribution in [1.29, 1.82) is 0 Å². The Hall–Kier alpha value is -2.49. The number of nitro groups is 1. The molecule has 0 saturated carbocycles. The molecule has 0 saturated heterocycles. The zero-order valence-corrected chi connectivity index (χ0v) is 12.5. The van der Waals surface area contributed by atoms with Crippen molar-refractivity contribution in [3.8, 4) is 0 Å². The van der Waals surface area contributed by atoms with Gasteiger partial charge in [0.25, 0.3) is 0 Å². The minimum Gasteiger partial charge on any atom is -0.294 e. The second-order valence-corrected chi connectivity index (χ2v) is 5.27. The van der Waals surface area contributed by atoms with Crippen molar-refractivity contribution in [2.75, 3.05) is 0 Å². The predicted molar refractivity (Wildman–Crippen MR) is 85.6 cm³/mol. The molecule has 2 aromatic carbocycles. The highest BCUT2D eigenvalue weighted by atomic mass is 16.6. The molecule has 2 aromatic rings. The summed E-state index contributed by atoms with van der Waals surface area (Å²) in [5.41, 5.74) is 1.44. The van der Waals surface area contributed by atoms with Crippen LogP contribution in [0.25, 0.3) is 0 Å². The van der Waals surface area contributed by atoms with Crippen molar-refractivity contribution in [1.82, 2.24) is 0 Å². The molecule has 0 bridgehead atoms. The van der Waals surface area contributed by atoms with Crippen LogP contribution in [0, 0.1) is 10.1 Å². The first-order valence-electron chi connectivity index (χ1n) is 7.40. The minimum atomic E-state index is -0.755. The van der Waals surface area contributed by atoms with E-state index in [0.29, 0.717) is 12.0 Å². The lowest BCUT2D eigenvalue weighted by atomic mass is 9.85. The number of carbonyl (C=O) groups is 1. The van der Waals surface area contributed by atoms with Gasteiger partial charge < -0.3 is 0 Å². The average molecular weight is 297 g/mol. The van der Waals surface area contributed by atoms with Gasteiger partial charge in [-0.15, -0.1) is 0 Å². The van der Waals surface area contributed by atoms with Crippen molar-refractivity contribution in [3.63, 3.8) is 0 Å². The molecule has 0 heterocycles. The number of ketones is 1. The largest absolute Gasteiger partial charge is 0.294 e. The first-order valence-corrected chi connectivity index (χ1v) is 7.40. The van der Waals surface area contributed by atoms with E-state index in [0.717, 1.165) is 5.56 Å². The van der Waals surface area contributed by atoms with Crippen LogP contribution in [0.2, 0.25) is 0 Å². The molecular formula is C18H19NO3. The predicted octanol–water partition coefficient (Wildman–Crippen LogP) is 4.10. The number of benzene rings is 2. The first-order chi connectivity index (χ1) is 10.6. The summed E-state index contributed by atoms with van der Waals surface area (Å²) in [5, 5.41) is 11.4. The highest BCUT2D eigenvalue weighted by molar-refractivity contribution is 5.96. The van der Waals surface area contributed by atoms with Gasteiger partial charge in [-0.25, -0.2) is 0 Å². The van der Waals surface area contributed by atoms with Crippen LogP contribution >= 0.6 is 0 Å². The normalized spacial score (nSPS) is 13.3. The number of hydrogen-bond donors (Lipinski definition) is 0. The Morgan fingerprint density at radius 1 is 1.05 bits per heavy atom. The van der Waals surface area contributed by atoms with Crippen LogP contribution in [0.15, 0.2) is 60.7 Å². The van der Waals surface area contributed by atoms with Gasteiger partial charge in [-0.2, -0.15) is 0 Å². The zero-order valence-electron chi connectivity index (χ0n) is 12.5.